The molecule has 0 aliphatic carbocycles. The number of thioether (sulfide) groups is 1. The van der Waals surface area contributed by atoms with E-state index >= 15 is 0 Å². The number of carbonyl (C=O) groups is 2. The summed E-state index contributed by atoms with van der Waals surface area (Å²) in [6.07, 6.45) is 0.0833. The van der Waals surface area contributed by atoms with Gasteiger partial charge in [-0.2, -0.15) is 0 Å². The van der Waals surface area contributed by atoms with Crippen molar-refractivity contribution in [3.05, 3.63) is 53.8 Å². The van der Waals surface area contributed by atoms with Crippen molar-refractivity contribution >= 4 is 29.3 Å². The first-order chi connectivity index (χ1) is 12.5. The zero-order valence-electron chi connectivity index (χ0n) is 14.5. The van der Waals surface area contributed by atoms with Gasteiger partial charge in [0.1, 0.15) is 0 Å². The minimum atomic E-state index is -0.479. The number of fused-ring (bicyclic) bond motifs is 1. The fourth-order valence-corrected chi connectivity index (χ4v) is 3.81. The minimum Gasteiger partial charge on any atom is -0.494 e. The Hall–Kier alpha value is -2.54. The average molecular weight is 374 g/mol. The van der Waals surface area contributed by atoms with E-state index in [9.17, 15) is 14.0 Å². The minimum absolute atomic E-state index is 0.0833. The van der Waals surface area contributed by atoms with E-state index in [1.807, 2.05) is 24.3 Å². The Morgan fingerprint density at radius 2 is 2.08 bits per heavy atom. The smallest absolute Gasteiger partial charge is 0.238 e. The Morgan fingerprint density at radius 1 is 1.31 bits per heavy atom. The van der Waals surface area contributed by atoms with Crippen molar-refractivity contribution in [2.75, 3.05) is 19.5 Å². The van der Waals surface area contributed by atoms with Crippen molar-refractivity contribution in [3.8, 4) is 5.75 Å². The van der Waals surface area contributed by atoms with E-state index in [0.29, 0.717) is 5.56 Å². The molecule has 0 saturated heterocycles. The molecule has 0 saturated carbocycles. The monoisotopic (exact) mass is 374 g/mol. The number of halogens is 1. The van der Waals surface area contributed by atoms with E-state index in [1.54, 1.807) is 13.1 Å². The molecule has 0 radical (unpaired) electrons. The molecule has 2 aromatic carbocycles. The quantitative estimate of drug-likeness (QED) is 0.873. The predicted molar refractivity (Wildman–Crippen MR) is 98.8 cm³/mol. The summed E-state index contributed by atoms with van der Waals surface area (Å²) in [5.74, 6) is -0.652. The summed E-state index contributed by atoms with van der Waals surface area (Å²) < 4.78 is 18.7. The Kier molecular flexibility index (Phi) is 5.46. The number of ether oxygens (including phenoxy) is 1. The molecule has 5 nitrogen and oxygen atoms in total. The molecule has 0 aromatic heterocycles. The Balaban J connectivity index is 1.62. The highest BCUT2D eigenvalue weighted by Crippen LogP contribution is 2.36. The van der Waals surface area contributed by atoms with Gasteiger partial charge in [-0.3, -0.25) is 9.59 Å². The van der Waals surface area contributed by atoms with Crippen LogP contribution in [0.25, 0.3) is 0 Å². The van der Waals surface area contributed by atoms with Gasteiger partial charge < -0.3 is 15.0 Å². The summed E-state index contributed by atoms with van der Waals surface area (Å²) in [5.41, 5.74) is 1.43. The Morgan fingerprint density at radius 3 is 2.81 bits per heavy atom. The van der Waals surface area contributed by atoms with Crippen LogP contribution in [0.1, 0.15) is 12.0 Å². The summed E-state index contributed by atoms with van der Waals surface area (Å²) in [6.45, 7) is 0.259. The van der Waals surface area contributed by atoms with Crippen LogP contribution in [-0.2, 0) is 16.1 Å². The maximum absolute atomic E-state index is 13.8. The summed E-state index contributed by atoms with van der Waals surface area (Å²) in [5, 5.41) is 2.35. The molecule has 2 amide bonds. The van der Waals surface area contributed by atoms with Crippen molar-refractivity contribution in [2.45, 2.75) is 23.1 Å². The summed E-state index contributed by atoms with van der Waals surface area (Å²) >= 11 is 1.39. The third-order valence-corrected chi connectivity index (χ3v) is 5.40. The summed E-state index contributed by atoms with van der Waals surface area (Å²) in [4.78, 5) is 27.2. The van der Waals surface area contributed by atoms with Crippen LogP contribution in [0, 0.1) is 5.82 Å². The van der Waals surface area contributed by atoms with E-state index < -0.39 is 11.1 Å². The van der Waals surface area contributed by atoms with Crippen LogP contribution >= 0.6 is 11.8 Å². The van der Waals surface area contributed by atoms with Crippen LogP contribution in [0.5, 0.6) is 5.75 Å². The molecule has 7 heteroatoms. The zero-order valence-corrected chi connectivity index (χ0v) is 15.3. The Bertz CT molecular complexity index is 843. The van der Waals surface area contributed by atoms with Crippen LogP contribution < -0.4 is 10.1 Å². The molecule has 1 aliphatic rings. The van der Waals surface area contributed by atoms with Gasteiger partial charge in [0.2, 0.25) is 11.8 Å². The van der Waals surface area contributed by atoms with E-state index in [1.165, 1.54) is 35.9 Å². The third-order valence-electron chi connectivity index (χ3n) is 4.13. The number of hydrogen-bond acceptors (Lipinski definition) is 4. The lowest BCUT2D eigenvalue weighted by atomic mass is 10.2. The molecule has 0 fully saturated rings. The zero-order chi connectivity index (χ0) is 18.7. The number of carbonyl (C=O) groups excluding carboxylic acids is 2. The second-order valence-electron chi connectivity index (χ2n) is 6.01. The van der Waals surface area contributed by atoms with Gasteiger partial charge in [0.25, 0.3) is 0 Å². The second kappa shape index (κ2) is 7.78. The maximum atomic E-state index is 13.8. The highest BCUT2D eigenvalue weighted by Gasteiger charge is 2.29. The van der Waals surface area contributed by atoms with Crippen molar-refractivity contribution < 1.29 is 18.7 Å². The number of amides is 2. The molecule has 2 aromatic rings. The van der Waals surface area contributed by atoms with Gasteiger partial charge in [-0.05, 0) is 29.8 Å². The number of nitrogens with zero attached hydrogens (tertiary/aromatic N) is 1. The number of anilines is 1. The van der Waals surface area contributed by atoms with Crippen LogP contribution in [0.4, 0.5) is 10.1 Å². The molecular formula is C19H19FN2O3S. The molecule has 0 unspecified atom stereocenters. The molecular weight excluding hydrogens is 355 g/mol. The van der Waals surface area contributed by atoms with Crippen molar-refractivity contribution in [2.24, 2.45) is 0 Å². The molecule has 1 N–H and O–H groups in total. The van der Waals surface area contributed by atoms with Crippen molar-refractivity contribution in [1.29, 1.82) is 0 Å². The molecule has 1 heterocycles. The number of para-hydroxylation sites is 1. The van der Waals surface area contributed by atoms with Gasteiger partial charge in [-0.25, -0.2) is 4.39 Å². The van der Waals surface area contributed by atoms with E-state index in [4.69, 9.17) is 4.74 Å². The summed E-state index contributed by atoms with van der Waals surface area (Å²) in [7, 11) is 3.04. The standard InChI is InChI=1S/C19H19FN2O3S/c1-22(11-12-7-8-15(25-2)13(20)9-12)18(23)10-17-19(24)21-14-5-3-4-6-16(14)26-17/h3-9,17H,10-11H2,1-2H3,(H,21,24)/t17-/m1/s1. The number of rotatable bonds is 5. The molecule has 0 spiro atoms. The van der Waals surface area contributed by atoms with E-state index in [-0.39, 0.29) is 30.5 Å². The van der Waals surface area contributed by atoms with Crippen molar-refractivity contribution in [1.82, 2.24) is 4.90 Å². The van der Waals surface area contributed by atoms with Crippen LogP contribution in [0.2, 0.25) is 0 Å². The molecule has 1 atom stereocenters. The lowest BCUT2D eigenvalue weighted by Crippen LogP contribution is -2.35. The normalized spacial score (nSPS) is 15.8. The van der Waals surface area contributed by atoms with Gasteiger partial charge in [-0.1, -0.05) is 18.2 Å². The number of nitrogens with one attached hydrogen (secondary N) is 1. The fourth-order valence-electron chi connectivity index (χ4n) is 2.71. The third kappa shape index (κ3) is 3.99. The van der Waals surface area contributed by atoms with Crippen LogP contribution in [0.3, 0.4) is 0 Å². The number of benzene rings is 2. The lowest BCUT2D eigenvalue weighted by molar-refractivity contribution is -0.131. The first kappa shape index (κ1) is 18.3. The first-order valence-electron chi connectivity index (χ1n) is 8.11. The number of methoxy groups -OCH3 is 1. The molecule has 0 bridgehead atoms. The van der Waals surface area contributed by atoms with Gasteiger partial charge in [-0.15, -0.1) is 11.8 Å². The van der Waals surface area contributed by atoms with Gasteiger partial charge in [0.05, 0.1) is 18.0 Å². The molecule has 3 rings (SSSR count). The maximum Gasteiger partial charge on any atom is 0.238 e. The van der Waals surface area contributed by atoms with E-state index in [2.05, 4.69) is 5.32 Å². The van der Waals surface area contributed by atoms with Crippen LogP contribution in [-0.4, -0.2) is 36.1 Å². The topological polar surface area (TPSA) is 58.6 Å². The lowest BCUT2D eigenvalue weighted by Gasteiger charge is -2.25. The highest BCUT2D eigenvalue weighted by molar-refractivity contribution is 8.01. The fraction of sp³-hybridized carbons (Fsp3) is 0.263. The predicted octanol–water partition coefficient (Wildman–Crippen LogP) is 3.30. The summed E-state index contributed by atoms with van der Waals surface area (Å²) in [6, 6.07) is 12.1. The van der Waals surface area contributed by atoms with Crippen molar-refractivity contribution in [3.63, 3.8) is 0 Å². The van der Waals surface area contributed by atoms with E-state index in [0.717, 1.165) is 10.6 Å². The first-order valence-corrected chi connectivity index (χ1v) is 8.99. The van der Waals surface area contributed by atoms with Gasteiger partial charge in [0.15, 0.2) is 11.6 Å². The highest BCUT2D eigenvalue weighted by atomic mass is 32.2. The van der Waals surface area contributed by atoms with Gasteiger partial charge in [0, 0.05) is 24.9 Å². The SMILES string of the molecule is COc1ccc(CN(C)C(=O)C[C@H]2Sc3ccccc3NC2=O)cc1F. The van der Waals surface area contributed by atoms with Gasteiger partial charge >= 0.3 is 0 Å². The molecule has 1 aliphatic heterocycles. The molecule has 26 heavy (non-hydrogen) atoms. The Labute approximate surface area is 155 Å². The van der Waals surface area contributed by atoms with Crippen LogP contribution in [0.15, 0.2) is 47.4 Å². The second-order valence-corrected chi connectivity index (χ2v) is 7.26. The largest absolute Gasteiger partial charge is 0.494 e. The molecule has 136 valence electrons. The average Bonchev–Trinajstić information content (AvgIpc) is 2.62. The number of hydrogen-bond donors (Lipinski definition) is 1.